The molecule has 0 amide bonds. The lowest BCUT2D eigenvalue weighted by Gasteiger charge is -2.27. The topological polar surface area (TPSA) is 26.3 Å². The summed E-state index contributed by atoms with van der Waals surface area (Å²) in [5.74, 6) is -0.120. The van der Waals surface area contributed by atoms with Crippen LogP contribution in [0.5, 0.6) is 0 Å². The Balaban J connectivity index is 3.06. The van der Waals surface area contributed by atoms with E-state index < -0.39 is 5.41 Å². The molecule has 2 heteroatoms. The number of ether oxygens (including phenoxy) is 1. The Morgan fingerprint density at radius 1 is 1.24 bits per heavy atom. The van der Waals surface area contributed by atoms with Gasteiger partial charge in [0.1, 0.15) is 0 Å². The third kappa shape index (κ3) is 3.09. The van der Waals surface area contributed by atoms with E-state index in [1.54, 1.807) is 0 Å². The predicted octanol–water partition coefficient (Wildman–Crippen LogP) is 3.62. The van der Waals surface area contributed by atoms with E-state index in [2.05, 4.69) is 6.92 Å². The second kappa shape index (κ2) is 5.85. The van der Waals surface area contributed by atoms with Gasteiger partial charge in [0.05, 0.1) is 12.0 Å². The number of aryl methyl sites for hydroxylation is 1. The molecule has 0 saturated heterocycles. The van der Waals surface area contributed by atoms with Gasteiger partial charge in [0.25, 0.3) is 0 Å². The fourth-order valence-electron chi connectivity index (χ4n) is 2.08. The summed E-state index contributed by atoms with van der Waals surface area (Å²) in [6, 6.07) is 8.15. The first-order valence-corrected chi connectivity index (χ1v) is 6.29. The van der Waals surface area contributed by atoms with Crippen molar-refractivity contribution in [3.05, 3.63) is 35.4 Å². The van der Waals surface area contributed by atoms with Crippen LogP contribution in [0.2, 0.25) is 0 Å². The summed E-state index contributed by atoms with van der Waals surface area (Å²) in [4.78, 5) is 12.1. The van der Waals surface area contributed by atoms with Gasteiger partial charge in [-0.1, -0.05) is 43.2 Å². The molecule has 1 aromatic rings. The molecule has 0 spiro atoms. The molecule has 1 aromatic carbocycles. The monoisotopic (exact) mass is 234 g/mol. The Kier molecular flexibility index (Phi) is 4.73. The van der Waals surface area contributed by atoms with Crippen LogP contribution in [0.1, 0.15) is 44.7 Å². The normalized spacial score (nSPS) is 14.1. The van der Waals surface area contributed by atoms with Gasteiger partial charge < -0.3 is 4.74 Å². The first kappa shape index (κ1) is 13.8. The number of benzene rings is 1. The van der Waals surface area contributed by atoms with E-state index in [0.29, 0.717) is 6.61 Å². The molecule has 94 valence electrons. The molecule has 0 bridgehead atoms. The average Bonchev–Trinajstić information content (AvgIpc) is 2.30. The Labute approximate surface area is 104 Å². The smallest absolute Gasteiger partial charge is 0.316 e. The molecule has 2 nitrogen and oxygen atoms in total. The molecule has 0 aromatic heterocycles. The zero-order valence-corrected chi connectivity index (χ0v) is 11.2. The van der Waals surface area contributed by atoms with Crippen LogP contribution < -0.4 is 0 Å². The van der Waals surface area contributed by atoms with Crippen LogP contribution in [-0.4, -0.2) is 12.6 Å². The maximum absolute atomic E-state index is 12.1. The van der Waals surface area contributed by atoms with E-state index >= 15 is 0 Å². The molecule has 0 heterocycles. The van der Waals surface area contributed by atoms with Crippen LogP contribution in [0, 0.1) is 6.92 Å². The van der Waals surface area contributed by atoms with Crippen LogP contribution in [0.15, 0.2) is 24.3 Å². The Hall–Kier alpha value is -1.31. The molecule has 0 aliphatic rings. The summed E-state index contributed by atoms with van der Waals surface area (Å²) >= 11 is 0. The number of rotatable bonds is 5. The fourth-order valence-corrected chi connectivity index (χ4v) is 2.08. The second-order valence-electron chi connectivity index (χ2n) is 4.67. The lowest BCUT2D eigenvalue weighted by Crippen LogP contribution is -2.34. The second-order valence-corrected chi connectivity index (χ2v) is 4.67. The molecule has 0 saturated carbocycles. The Bertz CT molecular complexity index is 367. The van der Waals surface area contributed by atoms with Crippen LogP contribution in [0.4, 0.5) is 0 Å². The van der Waals surface area contributed by atoms with Gasteiger partial charge in [0, 0.05) is 0 Å². The van der Waals surface area contributed by atoms with Crippen molar-refractivity contribution in [1.82, 2.24) is 0 Å². The zero-order chi connectivity index (χ0) is 12.9. The van der Waals surface area contributed by atoms with E-state index in [1.807, 2.05) is 45.0 Å². The Morgan fingerprint density at radius 3 is 2.29 bits per heavy atom. The van der Waals surface area contributed by atoms with E-state index in [1.165, 1.54) is 5.56 Å². The summed E-state index contributed by atoms with van der Waals surface area (Å²) in [7, 11) is 0. The van der Waals surface area contributed by atoms with Crippen molar-refractivity contribution in [2.24, 2.45) is 0 Å². The van der Waals surface area contributed by atoms with Gasteiger partial charge in [0.2, 0.25) is 0 Å². The molecule has 0 fully saturated rings. The molecular formula is C15H22O2. The van der Waals surface area contributed by atoms with Gasteiger partial charge >= 0.3 is 5.97 Å². The lowest BCUT2D eigenvalue weighted by molar-refractivity contribution is -0.149. The summed E-state index contributed by atoms with van der Waals surface area (Å²) in [6.07, 6.45) is 1.78. The molecule has 1 atom stereocenters. The Morgan fingerprint density at radius 2 is 1.82 bits per heavy atom. The van der Waals surface area contributed by atoms with E-state index in [4.69, 9.17) is 4.74 Å². The highest BCUT2D eigenvalue weighted by Gasteiger charge is 2.35. The largest absolute Gasteiger partial charge is 0.465 e. The standard InChI is InChI=1S/C15H22O2/c1-5-11-15(4,14(16)17-6-2)13-9-7-12(3)8-10-13/h7-10H,5-6,11H2,1-4H3. The number of carbonyl (C=O) groups excluding carboxylic acids is 1. The summed E-state index contributed by atoms with van der Waals surface area (Å²) in [5.41, 5.74) is 1.73. The van der Waals surface area contributed by atoms with Crippen molar-refractivity contribution in [3.63, 3.8) is 0 Å². The highest BCUT2D eigenvalue weighted by molar-refractivity contribution is 5.82. The van der Waals surface area contributed by atoms with Gasteiger partial charge in [-0.05, 0) is 32.8 Å². The summed E-state index contributed by atoms with van der Waals surface area (Å²) in [6.45, 7) is 8.39. The van der Waals surface area contributed by atoms with E-state index in [0.717, 1.165) is 18.4 Å². The lowest BCUT2D eigenvalue weighted by atomic mass is 9.78. The SMILES string of the molecule is CCCC(C)(C(=O)OCC)c1ccc(C)cc1. The van der Waals surface area contributed by atoms with Gasteiger partial charge in [-0.3, -0.25) is 4.79 Å². The molecular weight excluding hydrogens is 212 g/mol. The van der Waals surface area contributed by atoms with Gasteiger partial charge in [-0.2, -0.15) is 0 Å². The predicted molar refractivity (Wildman–Crippen MR) is 70.1 cm³/mol. The number of hydrogen-bond donors (Lipinski definition) is 0. The third-order valence-corrected chi connectivity index (χ3v) is 3.16. The average molecular weight is 234 g/mol. The number of esters is 1. The highest BCUT2D eigenvalue weighted by atomic mass is 16.5. The molecule has 0 aliphatic carbocycles. The summed E-state index contributed by atoms with van der Waals surface area (Å²) < 4.78 is 5.21. The minimum atomic E-state index is -0.515. The van der Waals surface area contributed by atoms with Crippen molar-refractivity contribution < 1.29 is 9.53 Å². The van der Waals surface area contributed by atoms with Crippen molar-refractivity contribution in [2.45, 2.75) is 46.0 Å². The maximum atomic E-state index is 12.1. The summed E-state index contributed by atoms with van der Waals surface area (Å²) in [5, 5.41) is 0. The van der Waals surface area contributed by atoms with E-state index in [9.17, 15) is 4.79 Å². The van der Waals surface area contributed by atoms with Crippen molar-refractivity contribution in [2.75, 3.05) is 6.61 Å². The van der Waals surface area contributed by atoms with Crippen LogP contribution in [-0.2, 0) is 14.9 Å². The van der Waals surface area contributed by atoms with Crippen LogP contribution in [0.25, 0.3) is 0 Å². The van der Waals surface area contributed by atoms with Gasteiger partial charge in [-0.15, -0.1) is 0 Å². The van der Waals surface area contributed by atoms with E-state index in [-0.39, 0.29) is 5.97 Å². The maximum Gasteiger partial charge on any atom is 0.316 e. The minimum Gasteiger partial charge on any atom is -0.465 e. The first-order valence-electron chi connectivity index (χ1n) is 6.29. The van der Waals surface area contributed by atoms with Crippen LogP contribution in [0.3, 0.4) is 0 Å². The van der Waals surface area contributed by atoms with Crippen molar-refractivity contribution in [3.8, 4) is 0 Å². The van der Waals surface area contributed by atoms with Crippen molar-refractivity contribution >= 4 is 5.97 Å². The highest BCUT2D eigenvalue weighted by Crippen LogP contribution is 2.30. The minimum absolute atomic E-state index is 0.120. The fraction of sp³-hybridized carbons (Fsp3) is 0.533. The molecule has 0 aliphatic heterocycles. The van der Waals surface area contributed by atoms with Gasteiger partial charge in [0.15, 0.2) is 0 Å². The number of carbonyl (C=O) groups is 1. The quantitative estimate of drug-likeness (QED) is 0.727. The molecule has 1 unspecified atom stereocenters. The number of hydrogen-bond acceptors (Lipinski definition) is 2. The molecule has 0 radical (unpaired) electrons. The first-order chi connectivity index (χ1) is 8.04. The van der Waals surface area contributed by atoms with Crippen LogP contribution >= 0.6 is 0 Å². The molecule has 1 rings (SSSR count). The molecule has 0 N–H and O–H groups in total. The molecule has 17 heavy (non-hydrogen) atoms. The van der Waals surface area contributed by atoms with Crippen molar-refractivity contribution in [1.29, 1.82) is 0 Å². The zero-order valence-electron chi connectivity index (χ0n) is 11.2. The third-order valence-electron chi connectivity index (χ3n) is 3.16. The van der Waals surface area contributed by atoms with Gasteiger partial charge in [-0.25, -0.2) is 0 Å².